The summed E-state index contributed by atoms with van der Waals surface area (Å²) in [6.45, 7) is 1.87. The number of carbonyl (C=O) groups is 1. The number of carbonyl (C=O) groups excluding carboxylic acids is 1. The Labute approximate surface area is 191 Å². The molecule has 8 heteroatoms. The molecule has 1 N–H and O–H groups in total. The van der Waals surface area contributed by atoms with E-state index in [1.807, 2.05) is 35.3 Å². The van der Waals surface area contributed by atoms with Gasteiger partial charge in [0.1, 0.15) is 18.8 Å². The molecule has 0 aromatic heterocycles. The third-order valence-electron chi connectivity index (χ3n) is 5.76. The normalized spacial score (nSPS) is 20.7. The molecule has 0 aliphatic carbocycles. The lowest BCUT2D eigenvalue weighted by atomic mass is 10.0. The minimum atomic E-state index is -0.159. The maximum Gasteiger partial charge on any atom is 0.312 e. The molecule has 30 heavy (non-hydrogen) atoms. The van der Waals surface area contributed by atoms with Gasteiger partial charge in [0.2, 0.25) is 0 Å². The van der Waals surface area contributed by atoms with Crippen LogP contribution in [0.1, 0.15) is 37.3 Å². The molecule has 1 amide bonds. The van der Waals surface area contributed by atoms with Crippen LogP contribution in [0.4, 0.5) is 5.69 Å². The predicted octanol–water partition coefficient (Wildman–Crippen LogP) is 5.62. The summed E-state index contributed by atoms with van der Waals surface area (Å²) in [4.78, 5) is 13.1. The second kappa shape index (κ2) is 8.75. The van der Waals surface area contributed by atoms with Gasteiger partial charge in [-0.25, -0.2) is 4.59 Å². The van der Waals surface area contributed by atoms with Gasteiger partial charge in [-0.15, -0.1) is 0 Å². The number of nitrogens with zero attached hydrogens (tertiary/aromatic N) is 3. The van der Waals surface area contributed by atoms with Gasteiger partial charge in [-0.2, -0.15) is 10.5 Å². The first-order valence-electron chi connectivity index (χ1n) is 10.1. The molecule has 0 bridgehead atoms. The molecule has 2 aliphatic heterocycles. The summed E-state index contributed by atoms with van der Waals surface area (Å²) < 4.78 is 0.547. The zero-order valence-electron chi connectivity index (χ0n) is 16.7. The molecule has 2 aromatic carbocycles. The molecule has 1 fully saturated rings. The van der Waals surface area contributed by atoms with Gasteiger partial charge >= 0.3 is 5.91 Å². The van der Waals surface area contributed by atoms with Crippen LogP contribution in [0.2, 0.25) is 15.1 Å². The molecular formula is C22H24Cl3N4O+. The first-order valence-corrected chi connectivity index (χ1v) is 11.2. The van der Waals surface area contributed by atoms with Gasteiger partial charge in [0, 0.05) is 16.5 Å². The average Bonchev–Trinajstić information content (AvgIpc) is 3.14. The number of halogens is 3. The van der Waals surface area contributed by atoms with Gasteiger partial charge in [0.25, 0.3) is 0 Å². The Bertz CT molecular complexity index is 971. The molecule has 1 atom stereocenters. The molecule has 0 unspecified atom stereocenters. The number of quaternary nitrogens is 1. The topological polar surface area (TPSA) is 44.7 Å². The number of nitrogens with one attached hydrogen (secondary N) is 1. The van der Waals surface area contributed by atoms with Crippen LogP contribution in [0.3, 0.4) is 0 Å². The first kappa shape index (κ1) is 21.4. The van der Waals surface area contributed by atoms with Crippen molar-refractivity contribution in [1.82, 2.24) is 5.43 Å². The highest BCUT2D eigenvalue weighted by Crippen LogP contribution is 2.40. The number of benzene rings is 2. The molecule has 0 spiro atoms. The summed E-state index contributed by atoms with van der Waals surface area (Å²) in [5.74, 6) is -0.133. The Kier molecular flexibility index (Phi) is 6.26. The minimum absolute atomic E-state index is 0.133. The van der Waals surface area contributed by atoms with E-state index in [-0.39, 0.29) is 11.9 Å². The SMILES string of the molecule is C[N+]1(NC(=O)C2=NN(c3ccc(Cl)cc3Cl)[C@H](c3ccc(Cl)cc3)C2)CCCCC1. The van der Waals surface area contributed by atoms with E-state index in [1.165, 1.54) is 6.42 Å². The van der Waals surface area contributed by atoms with Crippen molar-refractivity contribution in [2.75, 3.05) is 25.1 Å². The largest absolute Gasteiger partial charge is 0.312 e. The molecule has 4 rings (SSSR count). The maximum atomic E-state index is 13.1. The van der Waals surface area contributed by atoms with Crippen molar-refractivity contribution < 1.29 is 9.39 Å². The second-order valence-electron chi connectivity index (χ2n) is 8.10. The van der Waals surface area contributed by atoms with E-state index >= 15 is 0 Å². The van der Waals surface area contributed by atoms with E-state index < -0.39 is 0 Å². The third-order valence-corrected chi connectivity index (χ3v) is 6.55. The van der Waals surface area contributed by atoms with E-state index in [0.717, 1.165) is 31.5 Å². The number of rotatable bonds is 4. The number of likely N-dealkylation sites (tertiary alicyclic amines) is 1. The third kappa shape index (κ3) is 4.59. The summed E-state index contributed by atoms with van der Waals surface area (Å²) in [5, 5.41) is 8.21. The summed E-state index contributed by atoms with van der Waals surface area (Å²) >= 11 is 18.6. The Hall–Kier alpha value is -1.79. The highest BCUT2D eigenvalue weighted by Gasteiger charge is 2.36. The Morgan fingerprint density at radius 2 is 1.70 bits per heavy atom. The highest BCUT2D eigenvalue weighted by molar-refractivity contribution is 6.40. The lowest BCUT2D eigenvalue weighted by molar-refractivity contribution is -0.947. The lowest BCUT2D eigenvalue weighted by Crippen LogP contribution is -2.60. The fourth-order valence-electron chi connectivity index (χ4n) is 4.11. The van der Waals surface area contributed by atoms with Crippen molar-refractivity contribution in [2.45, 2.75) is 31.7 Å². The quantitative estimate of drug-likeness (QED) is 0.595. The van der Waals surface area contributed by atoms with Crippen LogP contribution in [0.15, 0.2) is 47.6 Å². The Balaban J connectivity index is 1.64. The minimum Gasteiger partial charge on any atom is -0.263 e. The van der Waals surface area contributed by atoms with Crippen molar-refractivity contribution in [3.8, 4) is 0 Å². The van der Waals surface area contributed by atoms with Crippen LogP contribution in [0.5, 0.6) is 0 Å². The van der Waals surface area contributed by atoms with E-state index in [4.69, 9.17) is 39.9 Å². The highest BCUT2D eigenvalue weighted by atomic mass is 35.5. The second-order valence-corrected chi connectivity index (χ2v) is 9.38. The van der Waals surface area contributed by atoms with Gasteiger partial charge in [0.15, 0.2) is 0 Å². The number of piperidine rings is 1. The lowest BCUT2D eigenvalue weighted by Gasteiger charge is -2.36. The van der Waals surface area contributed by atoms with E-state index in [9.17, 15) is 4.79 Å². The van der Waals surface area contributed by atoms with Crippen LogP contribution < -0.4 is 10.4 Å². The Morgan fingerprint density at radius 3 is 2.37 bits per heavy atom. The summed E-state index contributed by atoms with van der Waals surface area (Å²) in [7, 11) is 2.07. The maximum absolute atomic E-state index is 13.1. The number of hydrogen-bond acceptors (Lipinski definition) is 3. The van der Waals surface area contributed by atoms with Gasteiger partial charge in [-0.1, -0.05) is 46.9 Å². The molecule has 2 heterocycles. The molecule has 158 valence electrons. The molecular weight excluding hydrogens is 443 g/mol. The predicted molar refractivity (Wildman–Crippen MR) is 123 cm³/mol. The summed E-state index contributed by atoms with van der Waals surface area (Å²) in [6, 6.07) is 12.7. The van der Waals surface area contributed by atoms with E-state index in [2.05, 4.69) is 12.5 Å². The number of amides is 1. The fourth-order valence-corrected chi connectivity index (χ4v) is 4.73. The van der Waals surface area contributed by atoms with Gasteiger partial charge < -0.3 is 0 Å². The van der Waals surface area contributed by atoms with E-state index in [1.54, 1.807) is 12.1 Å². The van der Waals surface area contributed by atoms with Crippen LogP contribution >= 0.6 is 34.8 Å². The average molecular weight is 467 g/mol. The van der Waals surface area contributed by atoms with Crippen molar-refractivity contribution in [2.24, 2.45) is 5.10 Å². The zero-order valence-corrected chi connectivity index (χ0v) is 19.0. The van der Waals surface area contributed by atoms with E-state index in [0.29, 0.717) is 37.5 Å². The molecule has 2 aromatic rings. The first-order chi connectivity index (χ1) is 14.3. The molecule has 5 nitrogen and oxygen atoms in total. The monoisotopic (exact) mass is 465 g/mol. The zero-order chi connectivity index (χ0) is 21.3. The van der Waals surface area contributed by atoms with Crippen LogP contribution in [0, 0.1) is 0 Å². The van der Waals surface area contributed by atoms with Crippen molar-refractivity contribution >= 4 is 52.1 Å². The summed E-state index contributed by atoms with van der Waals surface area (Å²) in [6.07, 6.45) is 3.92. The van der Waals surface area contributed by atoms with Gasteiger partial charge in [-0.3, -0.25) is 9.80 Å². The molecule has 2 aliphatic rings. The van der Waals surface area contributed by atoms with Crippen molar-refractivity contribution in [3.05, 3.63) is 63.1 Å². The van der Waals surface area contributed by atoms with Crippen molar-refractivity contribution in [3.63, 3.8) is 0 Å². The van der Waals surface area contributed by atoms with Gasteiger partial charge in [0.05, 0.1) is 23.8 Å². The molecule has 0 saturated carbocycles. The number of hydrazone groups is 1. The van der Waals surface area contributed by atoms with Crippen LogP contribution in [-0.2, 0) is 4.79 Å². The van der Waals surface area contributed by atoms with Crippen molar-refractivity contribution in [1.29, 1.82) is 0 Å². The standard InChI is InChI=1S/C22H23Cl3N4O/c1-29(11-3-2-4-12-29)27-22(30)19-14-21(15-5-7-16(23)8-6-15)28(26-19)20-10-9-17(24)13-18(20)25/h5-10,13,21H,2-4,11-12,14H2,1H3/p+1/t21-/m0/s1. The smallest absolute Gasteiger partial charge is 0.263 e. The number of anilines is 1. The van der Waals surface area contributed by atoms with Gasteiger partial charge in [-0.05, 0) is 55.2 Å². The summed E-state index contributed by atoms with van der Waals surface area (Å²) in [5.41, 5.74) is 5.39. The molecule has 0 radical (unpaired) electrons. The molecule has 1 saturated heterocycles. The number of hydrogen-bond donors (Lipinski definition) is 1. The fraction of sp³-hybridized carbons (Fsp3) is 0.364. The Morgan fingerprint density at radius 1 is 1.03 bits per heavy atom. The van der Waals surface area contributed by atoms with Crippen LogP contribution in [-0.4, -0.2) is 36.3 Å². The van der Waals surface area contributed by atoms with Crippen LogP contribution in [0.25, 0.3) is 0 Å².